The van der Waals surface area contributed by atoms with E-state index in [2.05, 4.69) is 43.1 Å². The first-order valence-electron chi connectivity index (χ1n) is 5.91. The largest absolute Gasteiger partial charge is 0.308 e. The lowest BCUT2D eigenvalue weighted by Crippen LogP contribution is -2.13. The molecule has 90 valence electrons. The van der Waals surface area contributed by atoms with E-state index in [9.17, 15) is 0 Å². The van der Waals surface area contributed by atoms with Crippen molar-refractivity contribution in [3.8, 4) is 0 Å². The van der Waals surface area contributed by atoms with E-state index in [1.807, 2.05) is 6.07 Å². The molecule has 0 spiro atoms. The number of hydrazine groups is 1. The maximum Gasteiger partial charge on any atom is 0.143 e. The van der Waals surface area contributed by atoms with Crippen molar-refractivity contribution in [1.82, 2.24) is 9.97 Å². The molecule has 1 rings (SSSR count). The molecule has 1 heterocycles. The summed E-state index contributed by atoms with van der Waals surface area (Å²) in [6, 6.07) is 1.92. The van der Waals surface area contributed by atoms with Gasteiger partial charge in [0, 0.05) is 17.7 Å². The zero-order chi connectivity index (χ0) is 12.1. The van der Waals surface area contributed by atoms with E-state index in [0.29, 0.717) is 17.7 Å². The minimum atomic E-state index is 0.374. The lowest BCUT2D eigenvalue weighted by atomic mass is 10.1. The van der Waals surface area contributed by atoms with Gasteiger partial charge in [0.2, 0.25) is 0 Å². The second-order valence-electron chi connectivity index (χ2n) is 4.65. The SMILES string of the molecule is CCC(C)c1nc(CC(C)C)cc(NN)n1. The van der Waals surface area contributed by atoms with Gasteiger partial charge >= 0.3 is 0 Å². The van der Waals surface area contributed by atoms with E-state index in [1.54, 1.807) is 0 Å². The predicted octanol–water partition coefficient (Wildman–Crippen LogP) is 2.47. The molecule has 4 nitrogen and oxygen atoms in total. The Kier molecular flexibility index (Phi) is 4.68. The Hall–Kier alpha value is -1.16. The minimum absolute atomic E-state index is 0.374. The molecule has 0 aliphatic heterocycles. The summed E-state index contributed by atoms with van der Waals surface area (Å²) in [5.74, 6) is 7.97. The molecule has 0 saturated carbocycles. The van der Waals surface area contributed by atoms with Crippen LogP contribution in [-0.4, -0.2) is 9.97 Å². The number of nitrogens with two attached hydrogens (primary N) is 1. The molecular weight excluding hydrogens is 200 g/mol. The Morgan fingerprint density at radius 3 is 2.50 bits per heavy atom. The first kappa shape index (κ1) is 12.9. The average molecular weight is 222 g/mol. The van der Waals surface area contributed by atoms with Crippen LogP contribution in [0.3, 0.4) is 0 Å². The third-order valence-electron chi connectivity index (χ3n) is 2.61. The van der Waals surface area contributed by atoms with Gasteiger partial charge < -0.3 is 5.43 Å². The Labute approximate surface area is 97.7 Å². The van der Waals surface area contributed by atoms with E-state index < -0.39 is 0 Å². The van der Waals surface area contributed by atoms with Gasteiger partial charge in [0.05, 0.1) is 0 Å². The van der Waals surface area contributed by atoms with Gasteiger partial charge in [-0.05, 0) is 18.8 Å². The monoisotopic (exact) mass is 222 g/mol. The van der Waals surface area contributed by atoms with E-state index in [-0.39, 0.29) is 0 Å². The summed E-state index contributed by atoms with van der Waals surface area (Å²) in [5.41, 5.74) is 3.67. The van der Waals surface area contributed by atoms with Crippen molar-refractivity contribution in [3.05, 3.63) is 17.6 Å². The maximum atomic E-state index is 5.42. The highest BCUT2D eigenvalue weighted by atomic mass is 15.3. The molecule has 0 radical (unpaired) electrons. The Bertz CT molecular complexity index is 336. The van der Waals surface area contributed by atoms with Gasteiger partial charge in [-0.2, -0.15) is 0 Å². The Morgan fingerprint density at radius 1 is 1.31 bits per heavy atom. The minimum Gasteiger partial charge on any atom is -0.308 e. The van der Waals surface area contributed by atoms with Gasteiger partial charge in [-0.15, -0.1) is 0 Å². The van der Waals surface area contributed by atoms with Crippen LogP contribution in [0.2, 0.25) is 0 Å². The number of nitrogens with zero attached hydrogens (tertiary/aromatic N) is 2. The molecule has 0 aliphatic carbocycles. The standard InChI is InChI=1S/C12H22N4/c1-5-9(4)12-14-10(6-8(2)3)7-11(15-12)16-13/h7-9H,5-6,13H2,1-4H3,(H,14,15,16). The van der Waals surface area contributed by atoms with Crippen molar-refractivity contribution in [2.75, 3.05) is 5.43 Å². The van der Waals surface area contributed by atoms with E-state index in [4.69, 9.17) is 5.84 Å². The molecule has 0 saturated heterocycles. The molecular formula is C12H22N4. The molecule has 1 aromatic heterocycles. The van der Waals surface area contributed by atoms with Crippen molar-refractivity contribution in [3.63, 3.8) is 0 Å². The van der Waals surface area contributed by atoms with Crippen LogP contribution >= 0.6 is 0 Å². The quantitative estimate of drug-likeness (QED) is 0.593. The van der Waals surface area contributed by atoms with Gasteiger partial charge in [-0.1, -0.05) is 27.7 Å². The summed E-state index contributed by atoms with van der Waals surface area (Å²) in [7, 11) is 0. The molecule has 0 fully saturated rings. The second-order valence-corrected chi connectivity index (χ2v) is 4.65. The second kappa shape index (κ2) is 5.80. The smallest absolute Gasteiger partial charge is 0.143 e. The molecule has 1 unspecified atom stereocenters. The first-order chi connectivity index (χ1) is 7.56. The molecule has 0 aromatic carbocycles. The summed E-state index contributed by atoms with van der Waals surface area (Å²) >= 11 is 0. The predicted molar refractivity (Wildman–Crippen MR) is 67.1 cm³/mol. The molecule has 0 aliphatic rings. The maximum absolute atomic E-state index is 5.42. The summed E-state index contributed by atoms with van der Waals surface area (Å²) in [5, 5.41) is 0. The molecule has 0 amide bonds. The van der Waals surface area contributed by atoms with Crippen LogP contribution in [0.5, 0.6) is 0 Å². The van der Waals surface area contributed by atoms with Crippen LogP contribution in [0.25, 0.3) is 0 Å². The molecule has 16 heavy (non-hydrogen) atoms. The summed E-state index contributed by atoms with van der Waals surface area (Å²) in [6.07, 6.45) is 2.00. The number of hydrogen-bond acceptors (Lipinski definition) is 4. The number of anilines is 1. The molecule has 0 bridgehead atoms. The van der Waals surface area contributed by atoms with Crippen molar-refractivity contribution < 1.29 is 0 Å². The third kappa shape index (κ3) is 3.45. The van der Waals surface area contributed by atoms with Crippen LogP contribution in [0.1, 0.15) is 51.6 Å². The van der Waals surface area contributed by atoms with Gasteiger partial charge in [0.1, 0.15) is 11.6 Å². The number of nitrogen functional groups attached to an aromatic ring is 1. The Morgan fingerprint density at radius 2 is 2.00 bits per heavy atom. The summed E-state index contributed by atoms with van der Waals surface area (Å²) in [4.78, 5) is 8.97. The number of nitrogens with one attached hydrogen (secondary N) is 1. The lowest BCUT2D eigenvalue weighted by Gasteiger charge is -2.12. The third-order valence-corrected chi connectivity index (χ3v) is 2.61. The highest BCUT2D eigenvalue weighted by Crippen LogP contribution is 2.18. The Balaban J connectivity index is 3.00. The number of rotatable bonds is 5. The summed E-state index contributed by atoms with van der Waals surface area (Å²) in [6.45, 7) is 8.63. The number of hydrogen-bond donors (Lipinski definition) is 2. The van der Waals surface area contributed by atoms with E-state index in [0.717, 1.165) is 24.4 Å². The zero-order valence-corrected chi connectivity index (χ0v) is 10.6. The summed E-state index contributed by atoms with van der Waals surface area (Å²) < 4.78 is 0. The van der Waals surface area contributed by atoms with Crippen LogP contribution in [0.4, 0.5) is 5.82 Å². The van der Waals surface area contributed by atoms with Crippen LogP contribution in [0.15, 0.2) is 6.07 Å². The topological polar surface area (TPSA) is 63.8 Å². The van der Waals surface area contributed by atoms with Crippen molar-refractivity contribution in [2.45, 2.75) is 46.5 Å². The van der Waals surface area contributed by atoms with E-state index in [1.165, 1.54) is 0 Å². The fraction of sp³-hybridized carbons (Fsp3) is 0.667. The van der Waals surface area contributed by atoms with Gasteiger partial charge in [-0.3, -0.25) is 0 Å². The molecule has 1 atom stereocenters. The van der Waals surface area contributed by atoms with Crippen molar-refractivity contribution >= 4 is 5.82 Å². The highest BCUT2D eigenvalue weighted by Gasteiger charge is 2.10. The fourth-order valence-corrected chi connectivity index (χ4v) is 1.52. The van der Waals surface area contributed by atoms with Gasteiger partial charge in [0.15, 0.2) is 0 Å². The first-order valence-corrected chi connectivity index (χ1v) is 5.91. The lowest BCUT2D eigenvalue weighted by molar-refractivity contribution is 0.617. The molecule has 3 N–H and O–H groups in total. The normalized spacial score (nSPS) is 12.9. The fourth-order valence-electron chi connectivity index (χ4n) is 1.52. The molecule has 1 aromatic rings. The van der Waals surface area contributed by atoms with Gasteiger partial charge in [0.25, 0.3) is 0 Å². The van der Waals surface area contributed by atoms with Crippen molar-refractivity contribution in [1.29, 1.82) is 0 Å². The zero-order valence-electron chi connectivity index (χ0n) is 10.6. The van der Waals surface area contributed by atoms with Gasteiger partial charge in [-0.25, -0.2) is 15.8 Å². The van der Waals surface area contributed by atoms with Crippen LogP contribution in [0, 0.1) is 5.92 Å². The number of aromatic nitrogens is 2. The van der Waals surface area contributed by atoms with Crippen LogP contribution < -0.4 is 11.3 Å². The molecule has 4 heteroatoms. The highest BCUT2D eigenvalue weighted by molar-refractivity contribution is 5.35. The van der Waals surface area contributed by atoms with E-state index >= 15 is 0 Å². The van der Waals surface area contributed by atoms with Crippen LogP contribution in [-0.2, 0) is 6.42 Å². The average Bonchev–Trinajstić information content (AvgIpc) is 2.26. The van der Waals surface area contributed by atoms with Crippen molar-refractivity contribution in [2.24, 2.45) is 11.8 Å².